The molecule has 2 N–H and O–H groups in total. The number of nitrogens with two attached hydrogens (primary N) is 1. The molecule has 1 aliphatic rings. The minimum absolute atomic E-state index is 0.865. The molecule has 0 amide bonds. The topological polar surface area (TPSA) is 29.3 Å². The molecule has 2 rings (SSSR count). The van der Waals surface area contributed by atoms with E-state index in [0.29, 0.717) is 0 Å². The van der Waals surface area contributed by atoms with Crippen LogP contribution in [0, 0.1) is 0 Å². The molecule has 1 aliphatic heterocycles. The van der Waals surface area contributed by atoms with Gasteiger partial charge in [0, 0.05) is 10.6 Å². The number of nitrogens with zero attached hydrogens (tertiary/aromatic N) is 1. The number of thioether (sulfide) groups is 1. The highest BCUT2D eigenvalue weighted by atomic mass is 32.2. The zero-order valence-electron chi connectivity index (χ0n) is 9.69. The highest BCUT2D eigenvalue weighted by Crippen LogP contribution is 2.21. The molecule has 0 saturated carbocycles. The van der Waals surface area contributed by atoms with Gasteiger partial charge in [-0.15, -0.1) is 11.8 Å². The molecule has 1 heterocycles. The second kappa shape index (κ2) is 6.16. The van der Waals surface area contributed by atoms with Crippen LogP contribution in [-0.2, 0) is 0 Å². The molecule has 0 atom stereocenters. The number of anilines is 1. The van der Waals surface area contributed by atoms with E-state index in [2.05, 4.69) is 17.0 Å². The van der Waals surface area contributed by atoms with Gasteiger partial charge in [0.05, 0.1) is 0 Å². The summed E-state index contributed by atoms with van der Waals surface area (Å²) >= 11 is 1.91. The Balaban J connectivity index is 1.64. The summed E-state index contributed by atoms with van der Waals surface area (Å²) in [6.07, 6.45) is 4.06. The normalized spacial score (nSPS) is 16.8. The quantitative estimate of drug-likeness (QED) is 0.484. The lowest BCUT2D eigenvalue weighted by molar-refractivity contribution is 0.341. The van der Waals surface area contributed by atoms with E-state index in [-0.39, 0.29) is 0 Å². The molecule has 0 aliphatic carbocycles. The third-order valence-corrected chi connectivity index (χ3v) is 4.02. The molecule has 0 bridgehead atoms. The van der Waals surface area contributed by atoms with E-state index < -0.39 is 0 Å². The maximum Gasteiger partial charge on any atom is 0.0325 e. The Hall–Kier alpha value is -0.670. The summed E-state index contributed by atoms with van der Waals surface area (Å²) in [5.74, 6) is 1.19. The predicted molar refractivity (Wildman–Crippen MR) is 71.9 cm³/mol. The van der Waals surface area contributed by atoms with E-state index in [4.69, 9.17) is 5.73 Å². The predicted octanol–water partition coefficient (Wildman–Crippen LogP) is 2.85. The largest absolute Gasteiger partial charge is 0.399 e. The molecule has 16 heavy (non-hydrogen) atoms. The average molecular weight is 236 g/mol. The number of rotatable bonds is 5. The summed E-state index contributed by atoms with van der Waals surface area (Å²) in [5.41, 5.74) is 6.61. The Morgan fingerprint density at radius 3 is 2.81 bits per heavy atom. The highest BCUT2D eigenvalue weighted by molar-refractivity contribution is 7.99. The van der Waals surface area contributed by atoms with Crippen LogP contribution in [0.25, 0.3) is 0 Å². The fourth-order valence-corrected chi connectivity index (χ4v) is 2.99. The van der Waals surface area contributed by atoms with Gasteiger partial charge in [0.2, 0.25) is 0 Å². The van der Waals surface area contributed by atoms with Gasteiger partial charge in [-0.2, -0.15) is 0 Å². The maximum atomic E-state index is 5.74. The lowest BCUT2D eigenvalue weighted by Gasteiger charge is -2.13. The molecule has 0 radical (unpaired) electrons. The summed E-state index contributed by atoms with van der Waals surface area (Å²) in [7, 11) is 0. The molecule has 1 saturated heterocycles. The molecule has 0 spiro atoms. The number of likely N-dealkylation sites (tertiary alicyclic amines) is 1. The van der Waals surface area contributed by atoms with E-state index in [0.717, 1.165) is 5.69 Å². The van der Waals surface area contributed by atoms with E-state index in [1.807, 2.05) is 23.9 Å². The lowest BCUT2D eigenvalue weighted by atomic mass is 10.3. The maximum absolute atomic E-state index is 5.74. The van der Waals surface area contributed by atoms with Gasteiger partial charge in [0.15, 0.2) is 0 Å². The van der Waals surface area contributed by atoms with Crippen molar-refractivity contribution in [1.29, 1.82) is 0 Å². The van der Waals surface area contributed by atoms with Crippen LogP contribution in [0.2, 0.25) is 0 Å². The van der Waals surface area contributed by atoms with Gasteiger partial charge in [0.1, 0.15) is 0 Å². The smallest absolute Gasteiger partial charge is 0.0325 e. The first-order valence-electron chi connectivity index (χ1n) is 6.05. The standard InChI is InChI=1S/C13H20N2S/c14-12-5-3-6-13(11-12)16-10-4-9-15-7-1-2-8-15/h3,5-6,11H,1-2,4,7-10,14H2. The summed E-state index contributed by atoms with van der Waals surface area (Å²) < 4.78 is 0. The molecule has 1 aromatic carbocycles. The van der Waals surface area contributed by atoms with E-state index >= 15 is 0 Å². The zero-order chi connectivity index (χ0) is 11.2. The van der Waals surface area contributed by atoms with Crippen molar-refractivity contribution >= 4 is 17.4 Å². The summed E-state index contributed by atoms with van der Waals surface area (Å²) in [5, 5.41) is 0. The van der Waals surface area contributed by atoms with Crippen LogP contribution >= 0.6 is 11.8 Å². The van der Waals surface area contributed by atoms with Gasteiger partial charge >= 0.3 is 0 Å². The molecule has 1 fully saturated rings. The molecule has 88 valence electrons. The Bertz CT molecular complexity index is 321. The van der Waals surface area contributed by atoms with Crippen molar-refractivity contribution in [3.05, 3.63) is 24.3 Å². The van der Waals surface area contributed by atoms with Crippen LogP contribution in [0.15, 0.2) is 29.2 Å². The highest BCUT2D eigenvalue weighted by Gasteiger charge is 2.10. The number of hydrogen-bond donors (Lipinski definition) is 1. The van der Waals surface area contributed by atoms with Crippen molar-refractivity contribution in [3.8, 4) is 0 Å². The van der Waals surface area contributed by atoms with E-state index in [1.165, 1.54) is 49.5 Å². The first-order valence-corrected chi connectivity index (χ1v) is 7.04. The molecule has 1 aromatic rings. The monoisotopic (exact) mass is 236 g/mol. The van der Waals surface area contributed by atoms with Crippen molar-refractivity contribution in [2.75, 3.05) is 31.1 Å². The second-order valence-electron chi connectivity index (χ2n) is 4.32. The van der Waals surface area contributed by atoms with Crippen LogP contribution in [0.5, 0.6) is 0 Å². The molecule has 2 nitrogen and oxygen atoms in total. The first kappa shape index (κ1) is 11.8. The number of nitrogen functional groups attached to an aromatic ring is 1. The fraction of sp³-hybridized carbons (Fsp3) is 0.538. The Kier molecular flexibility index (Phi) is 4.55. The summed E-state index contributed by atoms with van der Waals surface area (Å²) in [4.78, 5) is 3.86. The Morgan fingerprint density at radius 1 is 1.25 bits per heavy atom. The molecule has 0 aromatic heterocycles. The van der Waals surface area contributed by atoms with Gasteiger partial charge in [-0.05, 0) is 62.8 Å². The third kappa shape index (κ3) is 3.72. The van der Waals surface area contributed by atoms with E-state index in [1.54, 1.807) is 0 Å². The van der Waals surface area contributed by atoms with Crippen molar-refractivity contribution in [2.24, 2.45) is 0 Å². The minimum atomic E-state index is 0.865. The van der Waals surface area contributed by atoms with Crippen molar-refractivity contribution < 1.29 is 0 Å². The number of hydrogen-bond acceptors (Lipinski definition) is 3. The fourth-order valence-electron chi connectivity index (χ4n) is 2.09. The summed E-state index contributed by atoms with van der Waals surface area (Å²) in [6.45, 7) is 3.88. The van der Waals surface area contributed by atoms with Crippen LogP contribution in [0.1, 0.15) is 19.3 Å². The Morgan fingerprint density at radius 2 is 2.06 bits per heavy atom. The van der Waals surface area contributed by atoms with Gasteiger partial charge in [0.25, 0.3) is 0 Å². The van der Waals surface area contributed by atoms with Gasteiger partial charge in [-0.1, -0.05) is 6.07 Å². The van der Waals surface area contributed by atoms with Crippen LogP contribution < -0.4 is 5.73 Å². The molecule has 0 unspecified atom stereocenters. The van der Waals surface area contributed by atoms with Crippen LogP contribution in [0.4, 0.5) is 5.69 Å². The molecular weight excluding hydrogens is 216 g/mol. The average Bonchev–Trinajstić information content (AvgIpc) is 2.77. The molecule has 3 heteroatoms. The minimum Gasteiger partial charge on any atom is -0.399 e. The second-order valence-corrected chi connectivity index (χ2v) is 5.49. The number of benzene rings is 1. The van der Waals surface area contributed by atoms with Crippen LogP contribution in [0.3, 0.4) is 0 Å². The van der Waals surface area contributed by atoms with Gasteiger partial charge in [-0.3, -0.25) is 0 Å². The zero-order valence-corrected chi connectivity index (χ0v) is 10.5. The van der Waals surface area contributed by atoms with Crippen molar-refractivity contribution in [2.45, 2.75) is 24.2 Å². The Labute approximate surface area is 102 Å². The lowest BCUT2D eigenvalue weighted by Crippen LogP contribution is -2.20. The van der Waals surface area contributed by atoms with Gasteiger partial charge in [-0.25, -0.2) is 0 Å². The van der Waals surface area contributed by atoms with E-state index in [9.17, 15) is 0 Å². The van der Waals surface area contributed by atoms with Crippen molar-refractivity contribution in [1.82, 2.24) is 4.90 Å². The SMILES string of the molecule is Nc1cccc(SCCCN2CCCC2)c1. The van der Waals surface area contributed by atoms with Crippen LogP contribution in [-0.4, -0.2) is 30.3 Å². The summed E-state index contributed by atoms with van der Waals surface area (Å²) in [6, 6.07) is 8.16. The van der Waals surface area contributed by atoms with Gasteiger partial charge < -0.3 is 10.6 Å². The van der Waals surface area contributed by atoms with Crippen molar-refractivity contribution in [3.63, 3.8) is 0 Å². The molecular formula is C13H20N2S. The third-order valence-electron chi connectivity index (χ3n) is 2.94. The first-order chi connectivity index (χ1) is 7.84.